The van der Waals surface area contributed by atoms with Crippen molar-refractivity contribution in [1.82, 2.24) is 4.98 Å². The summed E-state index contributed by atoms with van der Waals surface area (Å²) in [5.41, 5.74) is 4.92. The van der Waals surface area contributed by atoms with Gasteiger partial charge in [-0.2, -0.15) is 0 Å². The first-order valence-corrected chi connectivity index (χ1v) is 12.4. The Morgan fingerprint density at radius 2 is 1.68 bits per heavy atom. The largest absolute Gasteiger partial charge is 0.456 e. The number of ether oxygens (including phenoxy) is 1. The summed E-state index contributed by atoms with van der Waals surface area (Å²) in [5, 5.41) is 7.34. The first-order valence-electron chi connectivity index (χ1n) is 12.4. The molecule has 1 aromatic heterocycles. The van der Waals surface area contributed by atoms with Crippen LogP contribution in [-0.2, 0) is 12.8 Å². The Morgan fingerprint density at radius 1 is 0.853 bits per heavy atom. The van der Waals surface area contributed by atoms with E-state index in [1.165, 1.54) is 38.1 Å². The lowest BCUT2D eigenvalue weighted by molar-refractivity contribution is 0.400. The predicted molar refractivity (Wildman–Crippen MR) is 144 cm³/mol. The van der Waals surface area contributed by atoms with Gasteiger partial charge in [0.2, 0.25) is 0 Å². The third kappa shape index (κ3) is 3.44. The highest BCUT2D eigenvalue weighted by Crippen LogP contribution is 2.51. The first kappa shape index (κ1) is 21.2. The Balaban J connectivity index is 1.66. The summed E-state index contributed by atoms with van der Waals surface area (Å²) < 4.78 is 6.82. The Bertz CT molecular complexity index is 1590. The maximum absolute atomic E-state index is 6.82. The van der Waals surface area contributed by atoms with Crippen LogP contribution < -0.4 is 4.74 Å². The standard InChI is InChI=1S/C32H31NO/c1-19(2)14-20-10-11-24-22(15-20)17-28-29-25(24)12-13-33-30(29)26-16-21-8-6-7-9-23(21)27(31(26)34-28)18-32(3,4)5/h6-13,15-17,19H,14,18H2,1-5H3. The van der Waals surface area contributed by atoms with Crippen molar-refractivity contribution in [2.24, 2.45) is 11.3 Å². The maximum atomic E-state index is 6.82. The van der Waals surface area contributed by atoms with E-state index in [1.807, 2.05) is 6.20 Å². The molecule has 2 heterocycles. The van der Waals surface area contributed by atoms with Gasteiger partial charge in [0.05, 0.1) is 11.1 Å². The predicted octanol–water partition coefficient (Wildman–Crippen LogP) is 9.10. The average Bonchev–Trinajstić information content (AvgIpc) is 2.78. The molecule has 2 heteroatoms. The van der Waals surface area contributed by atoms with E-state index in [-0.39, 0.29) is 5.41 Å². The molecule has 0 radical (unpaired) electrons. The van der Waals surface area contributed by atoms with Crippen LogP contribution in [0.5, 0.6) is 11.5 Å². The summed E-state index contributed by atoms with van der Waals surface area (Å²) in [4.78, 5) is 4.91. The molecule has 0 atom stereocenters. The van der Waals surface area contributed by atoms with Gasteiger partial charge in [-0.1, -0.05) is 77.1 Å². The van der Waals surface area contributed by atoms with E-state index in [0.717, 1.165) is 41.0 Å². The lowest BCUT2D eigenvalue weighted by Crippen LogP contribution is -2.12. The molecule has 4 aromatic carbocycles. The van der Waals surface area contributed by atoms with Gasteiger partial charge in [0.15, 0.2) is 0 Å². The van der Waals surface area contributed by atoms with E-state index < -0.39 is 0 Å². The van der Waals surface area contributed by atoms with Crippen LogP contribution in [-0.4, -0.2) is 4.98 Å². The topological polar surface area (TPSA) is 22.1 Å². The fourth-order valence-corrected chi connectivity index (χ4v) is 5.52. The third-order valence-electron chi connectivity index (χ3n) is 6.81. The van der Waals surface area contributed by atoms with Crippen LogP contribution in [0.3, 0.4) is 0 Å². The van der Waals surface area contributed by atoms with Crippen LogP contribution in [0.1, 0.15) is 45.7 Å². The fourth-order valence-electron chi connectivity index (χ4n) is 5.52. The van der Waals surface area contributed by atoms with Crippen molar-refractivity contribution in [3.05, 3.63) is 78.0 Å². The van der Waals surface area contributed by atoms with Gasteiger partial charge in [-0.3, -0.25) is 4.98 Å². The molecular weight excluding hydrogens is 414 g/mol. The van der Waals surface area contributed by atoms with Crippen LogP contribution in [0.2, 0.25) is 0 Å². The molecule has 0 fully saturated rings. The van der Waals surface area contributed by atoms with Gasteiger partial charge in [0.25, 0.3) is 0 Å². The number of pyridine rings is 1. The van der Waals surface area contributed by atoms with Crippen molar-refractivity contribution >= 4 is 32.3 Å². The minimum Gasteiger partial charge on any atom is -0.456 e. The van der Waals surface area contributed by atoms with E-state index >= 15 is 0 Å². The second kappa shape index (κ2) is 7.56. The van der Waals surface area contributed by atoms with E-state index in [2.05, 4.69) is 95.3 Å². The number of nitrogens with zero attached hydrogens (tertiary/aromatic N) is 1. The molecule has 5 aromatic rings. The SMILES string of the molecule is CC(C)Cc1ccc2c(c1)cc1c3c(nccc32)-c2cc3ccccc3c(CC(C)(C)C)c2O1. The number of hydrogen-bond acceptors (Lipinski definition) is 2. The number of fused-ring (bicyclic) bond motifs is 5. The molecule has 1 aliphatic rings. The molecule has 170 valence electrons. The second-order valence-corrected chi connectivity index (χ2v) is 11.4. The van der Waals surface area contributed by atoms with Crippen LogP contribution in [0.4, 0.5) is 0 Å². The van der Waals surface area contributed by atoms with E-state index in [4.69, 9.17) is 9.72 Å². The summed E-state index contributed by atoms with van der Waals surface area (Å²) in [7, 11) is 0. The van der Waals surface area contributed by atoms with Crippen LogP contribution in [0.25, 0.3) is 43.6 Å². The van der Waals surface area contributed by atoms with Gasteiger partial charge in [0, 0.05) is 17.3 Å². The first-order chi connectivity index (χ1) is 16.3. The van der Waals surface area contributed by atoms with Gasteiger partial charge in [-0.15, -0.1) is 0 Å². The minimum absolute atomic E-state index is 0.135. The minimum atomic E-state index is 0.135. The average molecular weight is 446 g/mol. The van der Waals surface area contributed by atoms with E-state index in [1.54, 1.807) is 0 Å². The highest BCUT2D eigenvalue weighted by Gasteiger charge is 2.28. The molecule has 0 N–H and O–H groups in total. The quantitative estimate of drug-likeness (QED) is 0.253. The summed E-state index contributed by atoms with van der Waals surface area (Å²) in [5.74, 6) is 2.52. The molecule has 34 heavy (non-hydrogen) atoms. The van der Waals surface area contributed by atoms with Crippen molar-refractivity contribution in [2.45, 2.75) is 47.5 Å². The second-order valence-electron chi connectivity index (χ2n) is 11.4. The van der Waals surface area contributed by atoms with Crippen LogP contribution in [0, 0.1) is 11.3 Å². The van der Waals surface area contributed by atoms with Crippen molar-refractivity contribution < 1.29 is 4.74 Å². The Kier molecular flexibility index (Phi) is 4.71. The summed E-state index contributed by atoms with van der Waals surface area (Å²) in [6.45, 7) is 11.4. The number of benzene rings is 4. The Hall–Kier alpha value is -3.39. The molecule has 0 saturated carbocycles. The maximum Gasteiger partial charge on any atom is 0.140 e. The lowest BCUT2D eigenvalue weighted by atomic mass is 9.83. The summed E-state index contributed by atoms with van der Waals surface area (Å²) in [6.07, 6.45) is 3.97. The zero-order valence-corrected chi connectivity index (χ0v) is 20.7. The zero-order chi connectivity index (χ0) is 23.6. The Morgan fingerprint density at radius 3 is 2.47 bits per heavy atom. The number of rotatable bonds is 3. The van der Waals surface area contributed by atoms with Crippen molar-refractivity contribution in [1.29, 1.82) is 0 Å². The molecule has 0 saturated heterocycles. The third-order valence-corrected chi connectivity index (χ3v) is 6.81. The molecule has 0 unspecified atom stereocenters. The fraction of sp³-hybridized carbons (Fsp3) is 0.281. The molecule has 2 nitrogen and oxygen atoms in total. The van der Waals surface area contributed by atoms with Gasteiger partial charge in [-0.25, -0.2) is 0 Å². The summed E-state index contributed by atoms with van der Waals surface area (Å²) in [6, 6.07) is 22.2. The lowest BCUT2D eigenvalue weighted by Gasteiger charge is -2.27. The van der Waals surface area contributed by atoms with Crippen molar-refractivity contribution in [2.75, 3.05) is 0 Å². The molecule has 0 bridgehead atoms. The highest BCUT2D eigenvalue weighted by molar-refractivity contribution is 6.16. The Labute approximate surface area is 201 Å². The van der Waals surface area contributed by atoms with Gasteiger partial charge in [0.1, 0.15) is 11.5 Å². The van der Waals surface area contributed by atoms with Gasteiger partial charge in [-0.05, 0) is 74.9 Å². The van der Waals surface area contributed by atoms with Crippen LogP contribution >= 0.6 is 0 Å². The number of hydrogen-bond donors (Lipinski definition) is 0. The monoisotopic (exact) mass is 445 g/mol. The van der Waals surface area contributed by atoms with E-state index in [0.29, 0.717) is 5.92 Å². The zero-order valence-electron chi connectivity index (χ0n) is 20.7. The van der Waals surface area contributed by atoms with Crippen molar-refractivity contribution in [3.8, 4) is 22.8 Å². The highest BCUT2D eigenvalue weighted by atomic mass is 16.5. The van der Waals surface area contributed by atoms with Gasteiger partial charge < -0.3 is 4.74 Å². The van der Waals surface area contributed by atoms with E-state index in [9.17, 15) is 0 Å². The molecular formula is C32H31NO. The molecule has 0 amide bonds. The van der Waals surface area contributed by atoms with Gasteiger partial charge >= 0.3 is 0 Å². The smallest absolute Gasteiger partial charge is 0.140 e. The molecule has 1 aliphatic heterocycles. The number of aromatic nitrogens is 1. The van der Waals surface area contributed by atoms with Crippen molar-refractivity contribution in [3.63, 3.8) is 0 Å². The molecule has 0 spiro atoms. The molecule has 6 rings (SSSR count). The molecule has 0 aliphatic carbocycles. The summed E-state index contributed by atoms with van der Waals surface area (Å²) >= 11 is 0. The van der Waals surface area contributed by atoms with Crippen LogP contribution in [0.15, 0.2) is 66.9 Å². The normalized spacial score (nSPS) is 13.0.